The Kier molecular flexibility index (Phi) is 5.64. The average Bonchev–Trinajstić information content (AvgIpc) is 3.12. The Balaban J connectivity index is 1.41. The molecule has 0 atom stereocenters. The predicted octanol–water partition coefficient (Wildman–Crippen LogP) is 3.34. The molecular weight excluding hydrogens is 442 g/mol. The molecule has 2 aromatic carbocycles. The number of anilines is 1. The normalized spacial score (nSPS) is 14.8. The van der Waals surface area contributed by atoms with E-state index in [2.05, 4.69) is 14.9 Å². The first kappa shape index (κ1) is 21.6. The van der Waals surface area contributed by atoms with Crippen molar-refractivity contribution in [2.45, 2.75) is 6.67 Å². The molecule has 172 valence electrons. The van der Waals surface area contributed by atoms with Crippen molar-refractivity contribution in [2.75, 3.05) is 45.3 Å². The molecule has 33 heavy (non-hydrogen) atoms. The van der Waals surface area contributed by atoms with Crippen molar-refractivity contribution in [3.63, 3.8) is 0 Å². The molecule has 0 saturated carbocycles. The Bertz CT molecular complexity index is 1370. The summed E-state index contributed by atoms with van der Waals surface area (Å²) in [5, 5.41) is 6.96. The van der Waals surface area contributed by atoms with Gasteiger partial charge >= 0.3 is 0 Å². The summed E-state index contributed by atoms with van der Waals surface area (Å²) in [5.74, 6) is 1.25. The molecule has 0 spiro atoms. The number of rotatable bonds is 5. The van der Waals surface area contributed by atoms with Crippen LogP contribution in [-0.2, 0) is 13.7 Å². The van der Waals surface area contributed by atoms with E-state index < -0.39 is 0 Å². The van der Waals surface area contributed by atoms with Crippen LogP contribution in [0.25, 0.3) is 21.8 Å². The van der Waals surface area contributed by atoms with Crippen LogP contribution in [0, 0.1) is 0 Å². The molecule has 0 bridgehead atoms. The Morgan fingerprint density at radius 1 is 0.970 bits per heavy atom. The number of nitrogens with zero attached hydrogens (tertiary/aromatic N) is 5. The highest BCUT2D eigenvalue weighted by Gasteiger charge is 2.21. The summed E-state index contributed by atoms with van der Waals surface area (Å²) >= 11 is 6.01. The lowest BCUT2D eigenvalue weighted by atomic mass is 10.2. The first-order valence-corrected chi connectivity index (χ1v) is 11.2. The lowest BCUT2D eigenvalue weighted by Crippen LogP contribution is -2.48. The zero-order valence-electron chi connectivity index (χ0n) is 18.9. The Morgan fingerprint density at radius 2 is 1.64 bits per heavy atom. The van der Waals surface area contributed by atoms with Gasteiger partial charge in [-0.25, -0.2) is 4.68 Å². The number of hydrogen-bond donors (Lipinski definition) is 0. The third kappa shape index (κ3) is 3.79. The third-order valence-corrected chi connectivity index (χ3v) is 6.66. The van der Waals surface area contributed by atoms with Gasteiger partial charge in [-0.15, -0.1) is 0 Å². The van der Waals surface area contributed by atoms with Gasteiger partial charge in [-0.1, -0.05) is 11.6 Å². The molecule has 2 aromatic heterocycles. The van der Waals surface area contributed by atoms with Gasteiger partial charge in [0.25, 0.3) is 5.56 Å². The quantitative estimate of drug-likeness (QED) is 0.448. The Hall–Kier alpha value is -3.23. The van der Waals surface area contributed by atoms with Crippen molar-refractivity contribution < 1.29 is 9.47 Å². The monoisotopic (exact) mass is 467 g/mol. The molecule has 0 radical (unpaired) electrons. The van der Waals surface area contributed by atoms with Crippen molar-refractivity contribution in [2.24, 2.45) is 7.05 Å². The number of ether oxygens (including phenoxy) is 2. The van der Waals surface area contributed by atoms with Crippen molar-refractivity contribution in [1.82, 2.24) is 19.2 Å². The highest BCUT2D eigenvalue weighted by Crippen LogP contribution is 2.36. The molecule has 0 N–H and O–H groups in total. The van der Waals surface area contributed by atoms with Crippen LogP contribution >= 0.6 is 11.6 Å². The third-order valence-electron chi connectivity index (χ3n) is 6.41. The lowest BCUT2D eigenvalue weighted by molar-refractivity contribution is 0.192. The van der Waals surface area contributed by atoms with Gasteiger partial charge in [0.1, 0.15) is 5.52 Å². The fraction of sp³-hybridized carbons (Fsp3) is 0.333. The fourth-order valence-corrected chi connectivity index (χ4v) is 4.70. The topological polar surface area (TPSA) is 64.8 Å². The van der Waals surface area contributed by atoms with Gasteiger partial charge in [0, 0.05) is 60.8 Å². The minimum atomic E-state index is -0.107. The molecule has 5 rings (SSSR count). The molecule has 8 nitrogen and oxygen atoms in total. The fourth-order valence-electron chi connectivity index (χ4n) is 4.57. The first-order valence-electron chi connectivity index (χ1n) is 10.8. The Morgan fingerprint density at radius 3 is 2.30 bits per heavy atom. The maximum atomic E-state index is 13.4. The van der Waals surface area contributed by atoms with Crippen LogP contribution in [0.5, 0.6) is 11.5 Å². The number of hydrogen-bond acceptors (Lipinski definition) is 6. The van der Waals surface area contributed by atoms with Crippen LogP contribution in [0.2, 0.25) is 5.02 Å². The van der Waals surface area contributed by atoms with Gasteiger partial charge in [0.15, 0.2) is 11.5 Å². The number of halogens is 1. The number of aromatic nitrogens is 3. The largest absolute Gasteiger partial charge is 0.493 e. The van der Waals surface area contributed by atoms with Crippen molar-refractivity contribution >= 4 is 39.1 Å². The highest BCUT2D eigenvalue weighted by molar-refractivity contribution is 6.30. The zero-order valence-corrected chi connectivity index (χ0v) is 19.7. The number of piperazine rings is 1. The molecule has 0 unspecified atom stereocenters. The van der Waals surface area contributed by atoms with E-state index in [1.165, 1.54) is 0 Å². The number of fused-ring (bicyclic) bond motifs is 3. The van der Waals surface area contributed by atoms with Gasteiger partial charge in [0.2, 0.25) is 0 Å². The molecular formula is C24H26ClN5O3. The van der Waals surface area contributed by atoms with Gasteiger partial charge in [-0.2, -0.15) is 5.10 Å². The molecule has 9 heteroatoms. The first-order chi connectivity index (χ1) is 16.0. The van der Waals surface area contributed by atoms with E-state index >= 15 is 0 Å². The Labute approximate surface area is 196 Å². The van der Waals surface area contributed by atoms with Crippen molar-refractivity contribution in [1.29, 1.82) is 0 Å². The molecule has 1 aliphatic rings. The van der Waals surface area contributed by atoms with E-state index in [9.17, 15) is 4.79 Å². The van der Waals surface area contributed by atoms with E-state index in [0.29, 0.717) is 23.7 Å². The highest BCUT2D eigenvalue weighted by atomic mass is 35.5. The minimum absolute atomic E-state index is 0.107. The van der Waals surface area contributed by atoms with E-state index in [-0.39, 0.29) is 5.56 Å². The summed E-state index contributed by atoms with van der Waals surface area (Å²) in [7, 11) is 5.10. The summed E-state index contributed by atoms with van der Waals surface area (Å²) in [6.07, 6.45) is 1.77. The van der Waals surface area contributed by atoms with Crippen LogP contribution in [0.15, 0.2) is 47.4 Å². The molecule has 1 aliphatic heterocycles. The van der Waals surface area contributed by atoms with E-state index in [4.69, 9.17) is 21.1 Å². The van der Waals surface area contributed by atoms with Gasteiger partial charge in [-0.05, 0) is 30.3 Å². The molecule has 3 heterocycles. The van der Waals surface area contributed by atoms with Crippen molar-refractivity contribution in [3.05, 3.63) is 58.0 Å². The van der Waals surface area contributed by atoms with Crippen LogP contribution in [0.1, 0.15) is 0 Å². The predicted molar refractivity (Wildman–Crippen MR) is 131 cm³/mol. The standard InChI is InChI=1S/C24H26ClN5O3/c1-27-20-13-22(33-3)21(32-2)12-18(20)19-14-26-30(24(31)23(19)27)15-28-8-10-29(11-9-28)17-6-4-16(25)5-7-17/h4-7,12-14H,8-11,15H2,1-3H3. The van der Waals surface area contributed by atoms with E-state index in [1.54, 1.807) is 25.1 Å². The molecule has 1 saturated heterocycles. The SMILES string of the molecule is COc1cc2c3cnn(CN4CCN(c5ccc(Cl)cc5)CC4)c(=O)c3n(C)c2cc1OC. The summed E-state index contributed by atoms with van der Waals surface area (Å²) in [6.45, 7) is 3.91. The lowest BCUT2D eigenvalue weighted by Gasteiger charge is -2.36. The van der Waals surface area contributed by atoms with Crippen LogP contribution in [0.4, 0.5) is 5.69 Å². The van der Waals surface area contributed by atoms with Crippen LogP contribution < -0.4 is 19.9 Å². The second-order valence-electron chi connectivity index (χ2n) is 8.22. The van der Waals surface area contributed by atoms with Gasteiger partial charge in [0.05, 0.1) is 32.6 Å². The number of methoxy groups -OCH3 is 2. The summed E-state index contributed by atoms with van der Waals surface area (Å²) in [5.41, 5.74) is 2.58. The summed E-state index contributed by atoms with van der Waals surface area (Å²) in [4.78, 5) is 18.0. The smallest absolute Gasteiger partial charge is 0.292 e. The minimum Gasteiger partial charge on any atom is -0.493 e. The maximum absolute atomic E-state index is 13.4. The molecule has 0 amide bonds. The van der Waals surface area contributed by atoms with Crippen molar-refractivity contribution in [3.8, 4) is 11.5 Å². The molecule has 4 aromatic rings. The van der Waals surface area contributed by atoms with Crippen LogP contribution in [-0.4, -0.2) is 59.6 Å². The zero-order chi connectivity index (χ0) is 23.1. The second-order valence-corrected chi connectivity index (χ2v) is 8.65. The summed E-state index contributed by atoms with van der Waals surface area (Å²) < 4.78 is 14.3. The second kappa shape index (κ2) is 8.61. The molecule has 1 fully saturated rings. The molecule has 0 aliphatic carbocycles. The number of aryl methyl sites for hydroxylation is 1. The maximum Gasteiger partial charge on any atom is 0.292 e. The summed E-state index contributed by atoms with van der Waals surface area (Å²) in [6, 6.07) is 11.7. The van der Waals surface area contributed by atoms with Gasteiger partial charge < -0.3 is 18.9 Å². The van der Waals surface area contributed by atoms with E-state index in [0.717, 1.165) is 53.2 Å². The van der Waals surface area contributed by atoms with E-state index in [1.807, 2.05) is 48.0 Å². The van der Waals surface area contributed by atoms with Gasteiger partial charge in [-0.3, -0.25) is 9.69 Å². The van der Waals surface area contributed by atoms with Crippen LogP contribution in [0.3, 0.4) is 0 Å². The number of benzene rings is 2. The average molecular weight is 468 g/mol.